The first-order chi connectivity index (χ1) is 19.1. The zero-order chi connectivity index (χ0) is 26.4. The minimum atomic E-state index is -0.0872. The maximum atomic E-state index is 5.10. The molecule has 3 nitrogen and oxygen atoms in total. The first kappa shape index (κ1) is 23.4. The fraction of sp³-hybridized carbons (Fsp3) is 0.111. The third-order valence-corrected chi connectivity index (χ3v) is 7.95. The topological polar surface area (TPSA) is 29.6 Å². The number of hydrogen-bond acceptors (Lipinski definition) is 1. The molecule has 39 heavy (non-hydrogen) atoms. The highest BCUT2D eigenvalue weighted by Gasteiger charge is 2.36. The SMILES string of the molecule is CC1(C)c2ccccc2-c2cc3c4ccccc4n(C(/N=C/c4ccccc4)=N/Cc4ccccc4)c3cc21. The molecule has 0 bridgehead atoms. The summed E-state index contributed by atoms with van der Waals surface area (Å²) < 4.78 is 2.24. The van der Waals surface area contributed by atoms with Crippen molar-refractivity contribution in [3.63, 3.8) is 0 Å². The number of benzene rings is 5. The Hall–Kier alpha value is -4.76. The average Bonchev–Trinajstić information content (AvgIpc) is 3.42. The van der Waals surface area contributed by atoms with Gasteiger partial charge in [0.15, 0.2) is 0 Å². The van der Waals surface area contributed by atoms with Gasteiger partial charge in [-0.05, 0) is 51.6 Å². The predicted molar refractivity (Wildman–Crippen MR) is 164 cm³/mol. The Morgan fingerprint density at radius 1 is 0.667 bits per heavy atom. The second kappa shape index (κ2) is 9.21. The molecule has 5 aromatic carbocycles. The van der Waals surface area contributed by atoms with Gasteiger partial charge in [0, 0.05) is 22.4 Å². The zero-order valence-electron chi connectivity index (χ0n) is 22.2. The number of aliphatic imine (C=N–C) groups is 2. The Morgan fingerprint density at radius 3 is 2.18 bits per heavy atom. The molecule has 0 radical (unpaired) electrons. The molecular formula is C36H29N3. The summed E-state index contributed by atoms with van der Waals surface area (Å²) in [6.07, 6.45) is 1.91. The van der Waals surface area contributed by atoms with Gasteiger partial charge < -0.3 is 0 Å². The molecule has 0 amide bonds. The Balaban J connectivity index is 1.49. The molecule has 1 aromatic heterocycles. The van der Waals surface area contributed by atoms with Crippen molar-refractivity contribution in [2.24, 2.45) is 9.98 Å². The molecule has 0 saturated carbocycles. The fourth-order valence-corrected chi connectivity index (χ4v) is 5.96. The molecule has 0 saturated heterocycles. The summed E-state index contributed by atoms with van der Waals surface area (Å²) in [7, 11) is 0. The molecule has 1 aliphatic rings. The smallest absolute Gasteiger partial charge is 0.230 e. The van der Waals surface area contributed by atoms with Crippen molar-refractivity contribution in [3.8, 4) is 11.1 Å². The summed E-state index contributed by atoms with van der Waals surface area (Å²) >= 11 is 0. The summed E-state index contributed by atoms with van der Waals surface area (Å²) in [5.41, 5.74) is 9.73. The van der Waals surface area contributed by atoms with Gasteiger partial charge in [-0.15, -0.1) is 0 Å². The van der Waals surface area contributed by atoms with Gasteiger partial charge in [-0.1, -0.05) is 117 Å². The molecule has 0 atom stereocenters. The minimum Gasteiger partial charge on any atom is -0.278 e. The normalized spacial score (nSPS) is 14.3. The van der Waals surface area contributed by atoms with E-state index >= 15 is 0 Å². The van der Waals surface area contributed by atoms with Crippen molar-refractivity contribution in [2.75, 3.05) is 0 Å². The molecule has 6 aromatic rings. The van der Waals surface area contributed by atoms with E-state index in [2.05, 4.69) is 115 Å². The van der Waals surface area contributed by atoms with E-state index in [4.69, 9.17) is 9.98 Å². The Bertz CT molecular complexity index is 1890. The van der Waals surface area contributed by atoms with Crippen LogP contribution < -0.4 is 0 Å². The molecule has 0 N–H and O–H groups in total. The molecule has 1 aliphatic carbocycles. The van der Waals surface area contributed by atoms with Crippen LogP contribution in [0.5, 0.6) is 0 Å². The highest BCUT2D eigenvalue weighted by molar-refractivity contribution is 6.16. The maximum Gasteiger partial charge on any atom is 0.230 e. The maximum absolute atomic E-state index is 5.10. The van der Waals surface area contributed by atoms with Crippen LogP contribution in [0.4, 0.5) is 0 Å². The summed E-state index contributed by atoms with van der Waals surface area (Å²) in [5, 5.41) is 2.43. The van der Waals surface area contributed by atoms with Crippen LogP contribution in [-0.4, -0.2) is 16.7 Å². The van der Waals surface area contributed by atoms with Crippen LogP contribution in [0, 0.1) is 0 Å². The fourth-order valence-electron chi connectivity index (χ4n) is 5.96. The summed E-state index contributed by atoms with van der Waals surface area (Å²) in [5.74, 6) is 0.683. The molecule has 7 rings (SSSR count). The van der Waals surface area contributed by atoms with Crippen LogP contribution in [0.1, 0.15) is 36.1 Å². The molecule has 3 heteroatoms. The Morgan fingerprint density at radius 2 is 1.36 bits per heavy atom. The number of aromatic nitrogens is 1. The Labute approximate surface area is 228 Å². The van der Waals surface area contributed by atoms with Gasteiger partial charge in [-0.3, -0.25) is 4.57 Å². The van der Waals surface area contributed by atoms with Crippen LogP contribution in [0.3, 0.4) is 0 Å². The highest BCUT2D eigenvalue weighted by atomic mass is 15.2. The van der Waals surface area contributed by atoms with Crippen molar-refractivity contribution in [1.82, 2.24) is 4.57 Å². The van der Waals surface area contributed by atoms with E-state index in [1.807, 2.05) is 30.5 Å². The van der Waals surface area contributed by atoms with E-state index in [0.29, 0.717) is 12.5 Å². The van der Waals surface area contributed by atoms with Crippen molar-refractivity contribution >= 4 is 34.0 Å². The lowest BCUT2D eigenvalue weighted by Gasteiger charge is -2.21. The lowest BCUT2D eigenvalue weighted by Crippen LogP contribution is -2.15. The van der Waals surface area contributed by atoms with Crippen LogP contribution in [0.15, 0.2) is 131 Å². The van der Waals surface area contributed by atoms with Gasteiger partial charge in [-0.2, -0.15) is 0 Å². The summed E-state index contributed by atoms with van der Waals surface area (Å²) in [6, 6.07) is 42.8. The van der Waals surface area contributed by atoms with Crippen LogP contribution in [0.2, 0.25) is 0 Å². The Kier molecular flexibility index (Phi) is 5.52. The standard InChI is InChI=1S/C36H29N3/c1-36(2)31-19-11-9-17-27(31)29-21-30-28-18-10-12-20-33(28)39(34(30)22-32(29)36)35(37-23-25-13-5-3-6-14-25)38-24-26-15-7-4-8-16-26/h3-23H,24H2,1-2H3/b37-23+,38-35+. The second-order valence-corrected chi connectivity index (χ2v) is 10.7. The van der Waals surface area contributed by atoms with Crippen LogP contribution >= 0.6 is 0 Å². The van der Waals surface area contributed by atoms with Crippen molar-refractivity contribution in [1.29, 1.82) is 0 Å². The van der Waals surface area contributed by atoms with Crippen LogP contribution in [0.25, 0.3) is 32.9 Å². The number of fused-ring (bicyclic) bond motifs is 6. The van der Waals surface area contributed by atoms with Crippen LogP contribution in [-0.2, 0) is 12.0 Å². The number of nitrogens with zero attached hydrogens (tertiary/aromatic N) is 3. The van der Waals surface area contributed by atoms with Gasteiger partial charge >= 0.3 is 0 Å². The first-order valence-corrected chi connectivity index (χ1v) is 13.5. The zero-order valence-corrected chi connectivity index (χ0v) is 22.2. The van der Waals surface area contributed by atoms with Crippen molar-refractivity contribution in [2.45, 2.75) is 25.8 Å². The van der Waals surface area contributed by atoms with E-state index in [9.17, 15) is 0 Å². The minimum absolute atomic E-state index is 0.0872. The quantitative estimate of drug-likeness (QED) is 0.171. The van der Waals surface area contributed by atoms with E-state index in [0.717, 1.165) is 22.2 Å². The lowest BCUT2D eigenvalue weighted by molar-refractivity contribution is 0.661. The lowest BCUT2D eigenvalue weighted by atomic mass is 9.82. The monoisotopic (exact) mass is 503 g/mol. The molecule has 0 aliphatic heterocycles. The van der Waals surface area contributed by atoms with Crippen molar-refractivity contribution < 1.29 is 0 Å². The molecule has 188 valence electrons. The van der Waals surface area contributed by atoms with Gasteiger partial charge in [-0.25, -0.2) is 9.98 Å². The number of para-hydroxylation sites is 1. The number of hydrogen-bond donors (Lipinski definition) is 0. The summed E-state index contributed by atoms with van der Waals surface area (Å²) in [4.78, 5) is 10.1. The average molecular weight is 504 g/mol. The molecule has 0 spiro atoms. The highest BCUT2D eigenvalue weighted by Crippen LogP contribution is 2.50. The third-order valence-electron chi connectivity index (χ3n) is 7.95. The van der Waals surface area contributed by atoms with Gasteiger partial charge in [0.05, 0.1) is 17.6 Å². The predicted octanol–water partition coefficient (Wildman–Crippen LogP) is 8.62. The molecule has 0 fully saturated rings. The van der Waals surface area contributed by atoms with Gasteiger partial charge in [0.2, 0.25) is 5.96 Å². The summed E-state index contributed by atoms with van der Waals surface area (Å²) in [6.45, 7) is 5.21. The van der Waals surface area contributed by atoms with E-state index in [-0.39, 0.29) is 5.41 Å². The third kappa shape index (κ3) is 3.90. The van der Waals surface area contributed by atoms with E-state index in [1.54, 1.807) is 0 Å². The van der Waals surface area contributed by atoms with Gasteiger partial charge in [0.1, 0.15) is 0 Å². The molecule has 1 heterocycles. The van der Waals surface area contributed by atoms with Crippen molar-refractivity contribution in [3.05, 3.63) is 144 Å². The molecular weight excluding hydrogens is 474 g/mol. The van der Waals surface area contributed by atoms with Gasteiger partial charge in [0.25, 0.3) is 0 Å². The second-order valence-electron chi connectivity index (χ2n) is 10.7. The number of rotatable bonds is 3. The molecule has 0 unspecified atom stereocenters. The van der Waals surface area contributed by atoms with E-state index < -0.39 is 0 Å². The largest absolute Gasteiger partial charge is 0.278 e. The first-order valence-electron chi connectivity index (χ1n) is 13.5. The van der Waals surface area contributed by atoms with E-state index in [1.165, 1.54) is 33.0 Å².